The summed E-state index contributed by atoms with van der Waals surface area (Å²) in [6.07, 6.45) is 2.08. The van der Waals surface area contributed by atoms with Crippen LogP contribution in [0.1, 0.15) is 33.3 Å². The average molecular weight is 414 g/mol. The van der Waals surface area contributed by atoms with Gasteiger partial charge in [0, 0.05) is 16.8 Å². The van der Waals surface area contributed by atoms with Crippen molar-refractivity contribution in [2.45, 2.75) is 26.4 Å². The van der Waals surface area contributed by atoms with Crippen LogP contribution in [0.25, 0.3) is 5.69 Å². The van der Waals surface area contributed by atoms with Crippen LogP contribution in [0.5, 0.6) is 0 Å². The molecule has 150 valence electrons. The maximum absolute atomic E-state index is 13.6. The number of nitrogens with zero attached hydrogens (tertiary/aromatic N) is 2. The molecule has 5 heteroatoms. The maximum Gasteiger partial charge on any atom is 0.323 e. The van der Waals surface area contributed by atoms with Gasteiger partial charge in [-0.1, -0.05) is 36.4 Å². The molecule has 0 saturated heterocycles. The zero-order chi connectivity index (χ0) is 20.7. The number of aromatic nitrogens is 1. The van der Waals surface area contributed by atoms with Crippen molar-refractivity contribution < 1.29 is 4.79 Å². The third-order valence-corrected chi connectivity index (χ3v) is 6.81. The number of urea groups is 1. The van der Waals surface area contributed by atoms with E-state index in [1.54, 1.807) is 11.3 Å². The first-order chi connectivity index (χ1) is 14.6. The van der Waals surface area contributed by atoms with Gasteiger partial charge in [0.2, 0.25) is 0 Å². The van der Waals surface area contributed by atoms with Crippen molar-refractivity contribution in [2.24, 2.45) is 0 Å². The van der Waals surface area contributed by atoms with Crippen LogP contribution in [-0.4, -0.2) is 15.5 Å². The number of carbonyl (C=O) groups is 1. The molecule has 0 bridgehead atoms. The van der Waals surface area contributed by atoms with Gasteiger partial charge in [0.05, 0.1) is 17.9 Å². The minimum Gasteiger partial charge on any atom is -0.318 e. The monoisotopic (exact) mass is 413 g/mol. The summed E-state index contributed by atoms with van der Waals surface area (Å²) in [6, 6.07) is 22.4. The molecule has 30 heavy (non-hydrogen) atoms. The number of thiophene rings is 1. The number of amides is 2. The molecule has 5 rings (SSSR count). The second kappa shape index (κ2) is 7.50. The first kappa shape index (κ1) is 18.7. The number of hydrogen-bond donors (Lipinski definition) is 1. The van der Waals surface area contributed by atoms with Gasteiger partial charge in [0.25, 0.3) is 0 Å². The Morgan fingerprint density at radius 2 is 1.87 bits per heavy atom. The Bertz CT molecular complexity index is 1210. The molecule has 2 aromatic heterocycles. The first-order valence-electron chi connectivity index (χ1n) is 10.1. The number of benzene rings is 2. The third-order valence-electron chi connectivity index (χ3n) is 5.88. The van der Waals surface area contributed by atoms with Crippen LogP contribution < -0.4 is 5.32 Å². The zero-order valence-corrected chi connectivity index (χ0v) is 17.8. The Balaban J connectivity index is 1.62. The number of fused-ring (bicyclic) bond motifs is 3. The van der Waals surface area contributed by atoms with E-state index >= 15 is 0 Å². The molecule has 0 unspecified atom stereocenters. The molecule has 0 spiro atoms. The predicted octanol–water partition coefficient (Wildman–Crippen LogP) is 6.29. The molecule has 4 aromatic rings. The van der Waals surface area contributed by atoms with Gasteiger partial charge in [-0.3, -0.25) is 0 Å². The highest BCUT2D eigenvalue weighted by Gasteiger charge is 2.33. The summed E-state index contributed by atoms with van der Waals surface area (Å²) in [5, 5.41) is 5.25. The van der Waals surface area contributed by atoms with Crippen LogP contribution in [-0.2, 0) is 6.54 Å². The highest BCUT2D eigenvalue weighted by atomic mass is 32.1. The van der Waals surface area contributed by atoms with E-state index in [2.05, 4.69) is 70.8 Å². The van der Waals surface area contributed by atoms with E-state index in [9.17, 15) is 4.79 Å². The molecule has 0 fully saturated rings. The third kappa shape index (κ3) is 3.12. The normalized spacial score (nSPS) is 15.3. The molecule has 4 nitrogen and oxygen atoms in total. The van der Waals surface area contributed by atoms with E-state index in [1.165, 1.54) is 0 Å². The second-order valence-electron chi connectivity index (χ2n) is 7.66. The van der Waals surface area contributed by atoms with Crippen molar-refractivity contribution in [2.75, 3.05) is 5.32 Å². The number of aryl methyl sites for hydroxylation is 1. The fourth-order valence-electron chi connectivity index (χ4n) is 4.16. The Kier molecular flexibility index (Phi) is 4.68. The molecule has 2 aromatic carbocycles. The largest absolute Gasteiger partial charge is 0.323 e. The van der Waals surface area contributed by atoms with Gasteiger partial charge in [0.1, 0.15) is 6.04 Å². The Morgan fingerprint density at radius 1 is 1.00 bits per heavy atom. The summed E-state index contributed by atoms with van der Waals surface area (Å²) in [5.74, 6) is 0. The van der Waals surface area contributed by atoms with Crippen LogP contribution >= 0.6 is 11.3 Å². The summed E-state index contributed by atoms with van der Waals surface area (Å²) in [5.41, 5.74) is 6.47. The van der Waals surface area contributed by atoms with Crippen molar-refractivity contribution in [1.82, 2.24) is 9.47 Å². The second-order valence-corrected chi connectivity index (χ2v) is 8.63. The fourth-order valence-corrected chi connectivity index (χ4v) is 5.01. The number of rotatable bonds is 2. The number of hydrogen-bond acceptors (Lipinski definition) is 2. The van der Waals surface area contributed by atoms with Gasteiger partial charge in [-0.25, -0.2) is 4.79 Å². The zero-order valence-electron chi connectivity index (χ0n) is 17.0. The van der Waals surface area contributed by atoms with Crippen molar-refractivity contribution >= 4 is 23.1 Å². The molecule has 1 atom stereocenters. The maximum atomic E-state index is 13.6. The van der Waals surface area contributed by atoms with E-state index in [4.69, 9.17) is 0 Å². The molecule has 2 amide bonds. The van der Waals surface area contributed by atoms with E-state index in [0.717, 1.165) is 38.6 Å². The van der Waals surface area contributed by atoms with E-state index in [-0.39, 0.29) is 12.1 Å². The summed E-state index contributed by atoms with van der Waals surface area (Å²) in [4.78, 5) is 16.7. The average Bonchev–Trinajstić information content (AvgIpc) is 3.42. The lowest BCUT2D eigenvalue weighted by Crippen LogP contribution is -2.37. The Morgan fingerprint density at radius 3 is 2.70 bits per heavy atom. The number of anilines is 1. The number of para-hydroxylation sites is 1. The molecule has 1 aliphatic rings. The molecule has 3 heterocycles. The lowest BCUT2D eigenvalue weighted by atomic mass is 10.1. The molecular formula is C25H23N3OS. The lowest BCUT2D eigenvalue weighted by molar-refractivity contribution is 0.195. The van der Waals surface area contributed by atoms with Crippen molar-refractivity contribution in [3.63, 3.8) is 0 Å². The smallest absolute Gasteiger partial charge is 0.318 e. The summed E-state index contributed by atoms with van der Waals surface area (Å²) in [6.45, 7) is 4.65. The topological polar surface area (TPSA) is 37.3 Å². The predicted molar refractivity (Wildman–Crippen MR) is 122 cm³/mol. The summed E-state index contributed by atoms with van der Waals surface area (Å²) < 4.78 is 2.21. The molecule has 0 saturated carbocycles. The van der Waals surface area contributed by atoms with Gasteiger partial charge >= 0.3 is 6.03 Å². The first-order valence-corrected chi connectivity index (χ1v) is 10.9. The van der Waals surface area contributed by atoms with E-state index < -0.39 is 0 Å². The van der Waals surface area contributed by atoms with Crippen LogP contribution in [0, 0.1) is 13.8 Å². The van der Waals surface area contributed by atoms with Gasteiger partial charge in [-0.15, -0.1) is 11.3 Å². The van der Waals surface area contributed by atoms with Crippen LogP contribution in [0.15, 0.2) is 78.3 Å². The standard InChI is InChI=1S/C25H23N3OS/c1-17-8-5-10-20(18(17)2)26-25(29)28-16-19-9-3-4-11-21(19)27-14-6-12-22(27)24(28)23-13-7-15-30-23/h3-15,24H,16H2,1-2H3,(H,26,29)/t24-/m0/s1. The molecule has 0 aliphatic carbocycles. The number of carbonyl (C=O) groups excluding carboxylic acids is 1. The van der Waals surface area contributed by atoms with E-state index in [0.29, 0.717) is 6.54 Å². The van der Waals surface area contributed by atoms with Crippen molar-refractivity contribution in [3.8, 4) is 5.69 Å². The van der Waals surface area contributed by atoms with Crippen molar-refractivity contribution in [1.29, 1.82) is 0 Å². The molecule has 0 radical (unpaired) electrons. The van der Waals surface area contributed by atoms with Crippen molar-refractivity contribution in [3.05, 3.63) is 106 Å². The molecule has 1 aliphatic heterocycles. The van der Waals surface area contributed by atoms with Gasteiger partial charge in [-0.05, 0) is 66.2 Å². The highest BCUT2D eigenvalue weighted by molar-refractivity contribution is 7.10. The van der Waals surface area contributed by atoms with Crippen LogP contribution in [0.2, 0.25) is 0 Å². The minimum atomic E-state index is -0.155. The number of nitrogens with one attached hydrogen (secondary N) is 1. The minimum absolute atomic E-state index is 0.0912. The lowest BCUT2D eigenvalue weighted by Gasteiger charge is -2.30. The van der Waals surface area contributed by atoms with E-state index in [1.807, 2.05) is 36.1 Å². The van der Waals surface area contributed by atoms with Crippen LogP contribution in [0.4, 0.5) is 10.5 Å². The Hall–Kier alpha value is -3.31. The fraction of sp³-hybridized carbons (Fsp3) is 0.160. The summed E-state index contributed by atoms with van der Waals surface area (Å²) in [7, 11) is 0. The van der Waals surface area contributed by atoms with Gasteiger partial charge < -0.3 is 14.8 Å². The Labute approximate surface area is 180 Å². The highest BCUT2D eigenvalue weighted by Crippen LogP contribution is 2.38. The van der Waals surface area contributed by atoms with Gasteiger partial charge in [0.15, 0.2) is 0 Å². The quantitative estimate of drug-likeness (QED) is 0.412. The van der Waals surface area contributed by atoms with Crippen LogP contribution in [0.3, 0.4) is 0 Å². The SMILES string of the molecule is Cc1cccc(NC(=O)N2Cc3ccccc3-n3cccc3[C@H]2c2cccs2)c1C. The molecular weight excluding hydrogens is 390 g/mol. The summed E-state index contributed by atoms with van der Waals surface area (Å²) >= 11 is 1.68. The van der Waals surface area contributed by atoms with Gasteiger partial charge in [-0.2, -0.15) is 0 Å². The molecule has 1 N–H and O–H groups in total.